The maximum atomic E-state index is 12.9. The van der Waals surface area contributed by atoms with Crippen LogP contribution in [0, 0.1) is 0 Å². The van der Waals surface area contributed by atoms with Crippen LogP contribution in [0.25, 0.3) is 10.8 Å². The lowest BCUT2D eigenvalue weighted by molar-refractivity contribution is 0.102. The van der Waals surface area contributed by atoms with E-state index < -0.39 is 0 Å². The van der Waals surface area contributed by atoms with Crippen molar-refractivity contribution in [1.82, 2.24) is 4.90 Å². The Morgan fingerprint density at radius 1 is 0.929 bits per heavy atom. The minimum Gasteiger partial charge on any atom is -0.369 e. The molecule has 3 aromatic carbocycles. The molecule has 0 aliphatic carbocycles. The van der Waals surface area contributed by atoms with E-state index in [1.807, 2.05) is 48.5 Å². The van der Waals surface area contributed by atoms with Gasteiger partial charge in [0.1, 0.15) is 0 Å². The van der Waals surface area contributed by atoms with Gasteiger partial charge in [0.2, 0.25) is 0 Å². The van der Waals surface area contributed by atoms with Crippen LogP contribution in [-0.2, 0) is 0 Å². The number of hydrogen-bond donors (Lipinski definition) is 1. The summed E-state index contributed by atoms with van der Waals surface area (Å²) in [6.07, 6.45) is 0. The van der Waals surface area contributed by atoms with Gasteiger partial charge in [-0.2, -0.15) is 0 Å². The second-order valence-corrected chi connectivity index (χ2v) is 7.92. The minimum absolute atomic E-state index is 0.0898. The van der Waals surface area contributed by atoms with Crippen LogP contribution < -0.4 is 10.2 Å². The van der Waals surface area contributed by atoms with E-state index in [4.69, 9.17) is 0 Å². The molecule has 1 fully saturated rings. The van der Waals surface area contributed by atoms with Crippen molar-refractivity contribution < 1.29 is 4.79 Å². The Bertz CT molecular complexity index is 979. The maximum absolute atomic E-state index is 12.9. The van der Waals surface area contributed by atoms with Gasteiger partial charge in [-0.1, -0.05) is 47.1 Å². The van der Waals surface area contributed by atoms with E-state index in [0.717, 1.165) is 53.7 Å². The molecule has 4 rings (SSSR count). The summed E-state index contributed by atoms with van der Waals surface area (Å²) in [6.45, 7) is 7.62. The van der Waals surface area contributed by atoms with Crippen LogP contribution in [0.4, 0.5) is 11.4 Å². The average Bonchev–Trinajstić information content (AvgIpc) is 2.74. The zero-order chi connectivity index (χ0) is 19.5. The largest absolute Gasteiger partial charge is 0.369 e. The molecule has 0 aromatic heterocycles. The Morgan fingerprint density at radius 3 is 2.32 bits per heavy atom. The number of carbonyl (C=O) groups excluding carboxylic acids is 1. The van der Waals surface area contributed by atoms with E-state index in [9.17, 15) is 4.79 Å². The van der Waals surface area contributed by atoms with Crippen LogP contribution in [0.3, 0.4) is 0 Å². The third kappa shape index (κ3) is 3.91. The number of benzene rings is 3. The molecular weight excluding hydrogens is 414 g/mol. The fourth-order valence-corrected chi connectivity index (χ4v) is 4.24. The molecule has 0 spiro atoms. The van der Waals surface area contributed by atoms with Gasteiger partial charge in [-0.3, -0.25) is 4.79 Å². The summed E-state index contributed by atoms with van der Waals surface area (Å²) < 4.78 is 0.993. The fraction of sp³-hybridized carbons (Fsp3) is 0.261. The Labute approximate surface area is 174 Å². The van der Waals surface area contributed by atoms with Gasteiger partial charge in [0.25, 0.3) is 5.91 Å². The summed E-state index contributed by atoms with van der Waals surface area (Å²) in [5, 5.41) is 5.02. The van der Waals surface area contributed by atoms with Gasteiger partial charge in [0.15, 0.2) is 0 Å². The van der Waals surface area contributed by atoms with Gasteiger partial charge in [-0.15, -0.1) is 0 Å². The van der Waals surface area contributed by atoms with Gasteiger partial charge in [-0.25, -0.2) is 0 Å². The van der Waals surface area contributed by atoms with E-state index in [1.165, 1.54) is 5.69 Å². The molecule has 1 aliphatic heterocycles. The first kappa shape index (κ1) is 19.0. The van der Waals surface area contributed by atoms with E-state index in [1.54, 1.807) is 0 Å². The molecule has 1 saturated heterocycles. The molecule has 5 heteroatoms. The van der Waals surface area contributed by atoms with Crippen molar-refractivity contribution in [2.75, 3.05) is 42.9 Å². The first-order chi connectivity index (χ1) is 13.7. The van der Waals surface area contributed by atoms with Crippen LogP contribution in [0.5, 0.6) is 0 Å². The van der Waals surface area contributed by atoms with Gasteiger partial charge in [-0.05, 0) is 53.7 Å². The molecule has 0 bridgehead atoms. The molecule has 0 atom stereocenters. The quantitative estimate of drug-likeness (QED) is 0.623. The molecule has 1 aliphatic rings. The number of halogens is 1. The predicted molar refractivity (Wildman–Crippen MR) is 120 cm³/mol. The molecule has 4 nitrogen and oxygen atoms in total. The number of hydrogen-bond acceptors (Lipinski definition) is 3. The lowest BCUT2D eigenvalue weighted by Crippen LogP contribution is -2.46. The first-order valence-electron chi connectivity index (χ1n) is 9.71. The van der Waals surface area contributed by atoms with Gasteiger partial charge in [0.05, 0.1) is 0 Å². The number of piperazine rings is 1. The zero-order valence-electron chi connectivity index (χ0n) is 16.0. The van der Waals surface area contributed by atoms with Crippen LogP contribution in [0.15, 0.2) is 65.1 Å². The SMILES string of the molecule is CCN1CCN(c2ccc(NC(=O)c3cccc4c(Br)cccc34)cc2)CC1. The Hall–Kier alpha value is -2.37. The normalized spacial score (nSPS) is 15.0. The topological polar surface area (TPSA) is 35.6 Å². The standard InChI is InChI=1S/C23H24BrN3O/c1-2-26-13-15-27(16-14-26)18-11-9-17(10-12-18)25-23(28)21-7-3-6-20-19(21)5-4-8-22(20)24/h3-12H,2,13-16H2,1H3,(H,25,28). The highest BCUT2D eigenvalue weighted by atomic mass is 79.9. The lowest BCUT2D eigenvalue weighted by atomic mass is 10.0. The first-order valence-corrected chi connectivity index (χ1v) is 10.5. The van der Waals surface area contributed by atoms with Crippen LogP contribution >= 0.6 is 15.9 Å². The fourth-order valence-electron chi connectivity index (χ4n) is 3.75. The Kier molecular flexibility index (Phi) is 5.64. The maximum Gasteiger partial charge on any atom is 0.256 e. The number of carbonyl (C=O) groups is 1. The molecule has 0 saturated carbocycles. The smallest absolute Gasteiger partial charge is 0.256 e. The number of fused-ring (bicyclic) bond motifs is 1. The van der Waals surface area contributed by atoms with Crippen LogP contribution in [-0.4, -0.2) is 43.5 Å². The van der Waals surface area contributed by atoms with Crippen molar-refractivity contribution >= 4 is 44.0 Å². The van der Waals surface area contributed by atoms with E-state index in [-0.39, 0.29) is 5.91 Å². The molecule has 3 aromatic rings. The molecule has 0 unspecified atom stereocenters. The number of nitrogens with one attached hydrogen (secondary N) is 1. The van der Waals surface area contributed by atoms with Crippen molar-refractivity contribution in [2.24, 2.45) is 0 Å². The van der Waals surface area contributed by atoms with E-state index >= 15 is 0 Å². The van der Waals surface area contributed by atoms with Crippen molar-refractivity contribution in [3.63, 3.8) is 0 Å². The van der Waals surface area contributed by atoms with E-state index in [0.29, 0.717) is 5.56 Å². The highest BCUT2D eigenvalue weighted by molar-refractivity contribution is 9.10. The average molecular weight is 438 g/mol. The summed E-state index contributed by atoms with van der Waals surface area (Å²) in [5.41, 5.74) is 2.70. The highest BCUT2D eigenvalue weighted by Crippen LogP contribution is 2.27. The third-order valence-corrected chi connectivity index (χ3v) is 6.11. The van der Waals surface area contributed by atoms with E-state index in [2.05, 4.69) is 50.1 Å². The number of likely N-dealkylation sites (N-methyl/N-ethyl adjacent to an activating group) is 1. The third-order valence-electron chi connectivity index (χ3n) is 5.42. The molecular formula is C23H24BrN3O. The molecule has 0 radical (unpaired) electrons. The van der Waals surface area contributed by atoms with Crippen molar-refractivity contribution in [3.8, 4) is 0 Å². The van der Waals surface area contributed by atoms with Crippen molar-refractivity contribution in [1.29, 1.82) is 0 Å². The predicted octanol–water partition coefficient (Wildman–Crippen LogP) is 5.00. The van der Waals surface area contributed by atoms with Crippen LogP contribution in [0.1, 0.15) is 17.3 Å². The summed E-state index contributed by atoms with van der Waals surface area (Å²) >= 11 is 3.56. The molecule has 1 N–H and O–H groups in total. The van der Waals surface area contributed by atoms with Crippen molar-refractivity contribution in [3.05, 3.63) is 70.7 Å². The zero-order valence-corrected chi connectivity index (χ0v) is 17.6. The number of rotatable bonds is 4. The second-order valence-electron chi connectivity index (χ2n) is 7.06. The monoisotopic (exact) mass is 437 g/mol. The lowest BCUT2D eigenvalue weighted by Gasteiger charge is -2.35. The molecule has 28 heavy (non-hydrogen) atoms. The Morgan fingerprint density at radius 2 is 1.61 bits per heavy atom. The summed E-state index contributed by atoms with van der Waals surface area (Å²) in [4.78, 5) is 17.7. The second kappa shape index (κ2) is 8.33. The Balaban J connectivity index is 1.48. The number of anilines is 2. The molecule has 144 valence electrons. The minimum atomic E-state index is -0.0898. The summed E-state index contributed by atoms with van der Waals surface area (Å²) in [6, 6.07) is 19.9. The van der Waals surface area contributed by atoms with Gasteiger partial charge in [0, 0.05) is 47.6 Å². The van der Waals surface area contributed by atoms with Crippen LogP contribution in [0.2, 0.25) is 0 Å². The van der Waals surface area contributed by atoms with Crippen molar-refractivity contribution in [2.45, 2.75) is 6.92 Å². The summed E-state index contributed by atoms with van der Waals surface area (Å²) in [5.74, 6) is -0.0898. The van der Waals surface area contributed by atoms with Gasteiger partial charge >= 0.3 is 0 Å². The molecule has 1 heterocycles. The summed E-state index contributed by atoms with van der Waals surface area (Å²) in [7, 11) is 0. The number of amides is 1. The molecule has 1 amide bonds. The highest BCUT2D eigenvalue weighted by Gasteiger charge is 2.16. The number of nitrogens with zero attached hydrogens (tertiary/aromatic N) is 2. The van der Waals surface area contributed by atoms with Gasteiger partial charge < -0.3 is 15.1 Å².